The maximum Gasteiger partial charge on any atom is 0.258 e. The molecule has 0 unspecified atom stereocenters. The predicted molar refractivity (Wildman–Crippen MR) is 122 cm³/mol. The average Bonchev–Trinajstić information content (AvgIpc) is 3.12. The second-order valence-corrected chi connectivity index (χ2v) is 10.8. The molecule has 1 fully saturated rings. The van der Waals surface area contributed by atoms with E-state index in [0.717, 1.165) is 30.3 Å². The molecule has 0 atom stereocenters. The number of rotatable bonds is 4. The van der Waals surface area contributed by atoms with Gasteiger partial charge in [0, 0.05) is 24.2 Å². The molecule has 0 spiro atoms. The van der Waals surface area contributed by atoms with Gasteiger partial charge in [-0.05, 0) is 63.9 Å². The normalized spacial score (nSPS) is 15.8. The summed E-state index contributed by atoms with van der Waals surface area (Å²) in [7, 11) is -3.61. The molecule has 164 valence electrons. The number of benzene rings is 2. The van der Waals surface area contributed by atoms with Crippen molar-refractivity contribution in [2.24, 2.45) is 0 Å². The number of hydrogen-bond acceptors (Lipinski definition) is 4. The Hall–Kier alpha value is -2.71. The van der Waals surface area contributed by atoms with Gasteiger partial charge in [0.2, 0.25) is 16.0 Å². The first-order valence-corrected chi connectivity index (χ1v) is 12.0. The molecule has 1 aliphatic heterocycles. The van der Waals surface area contributed by atoms with E-state index in [1.807, 2.05) is 49.6 Å². The number of sulfonamides is 1. The van der Waals surface area contributed by atoms with Crippen molar-refractivity contribution in [3.63, 3.8) is 0 Å². The van der Waals surface area contributed by atoms with Crippen LogP contribution in [0.3, 0.4) is 0 Å². The third-order valence-corrected chi connectivity index (χ3v) is 7.40. The molecule has 1 aromatic heterocycles. The average molecular weight is 441 g/mol. The van der Waals surface area contributed by atoms with Crippen molar-refractivity contribution in [3.8, 4) is 0 Å². The molecular weight excluding hydrogens is 412 g/mol. The van der Waals surface area contributed by atoms with Crippen LogP contribution in [0.2, 0.25) is 0 Å². The van der Waals surface area contributed by atoms with Gasteiger partial charge in [0.05, 0.1) is 15.9 Å². The summed E-state index contributed by atoms with van der Waals surface area (Å²) in [5, 5.41) is 2.89. The highest BCUT2D eigenvalue weighted by molar-refractivity contribution is 7.89. The molecule has 1 saturated heterocycles. The van der Waals surface area contributed by atoms with Crippen LogP contribution >= 0.6 is 0 Å². The van der Waals surface area contributed by atoms with Gasteiger partial charge in [0.1, 0.15) is 0 Å². The van der Waals surface area contributed by atoms with E-state index in [-0.39, 0.29) is 16.0 Å². The summed E-state index contributed by atoms with van der Waals surface area (Å²) in [6.07, 6.45) is 2.77. The first-order valence-electron chi connectivity index (χ1n) is 10.6. The molecule has 0 radical (unpaired) electrons. The van der Waals surface area contributed by atoms with Gasteiger partial charge in [-0.25, -0.2) is 13.4 Å². The van der Waals surface area contributed by atoms with Crippen LogP contribution in [-0.4, -0.2) is 41.3 Å². The number of carbonyl (C=O) groups excluding carboxylic acids is 1. The number of imidazole rings is 1. The summed E-state index contributed by atoms with van der Waals surface area (Å²) in [6, 6.07) is 13.9. The molecule has 3 aromatic rings. The fourth-order valence-electron chi connectivity index (χ4n) is 4.01. The number of nitrogens with zero attached hydrogens (tertiary/aromatic N) is 3. The van der Waals surface area contributed by atoms with Crippen molar-refractivity contribution in [1.29, 1.82) is 0 Å². The van der Waals surface area contributed by atoms with Crippen molar-refractivity contribution in [2.75, 3.05) is 18.4 Å². The molecule has 1 amide bonds. The minimum absolute atomic E-state index is 0.145. The lowest BCUT2D eigenvalue weighted by molar-refractivity contribution is 0.102. The van der Waals surface area contributed by atoms with Gasteiger partial charge < -0.3 is 4.57 Å². The van der Waals surface area contributed by atoms with Crippen LogP contribution in [0.5, 0.6) is 0 Å². The number of aromatic nitrogens is 2. The number of piperidine rings is 1. The van der Waals surface area contributed by atoms with Gasteiger partial charge in [-0.15, -0.1) is 0 Å². The largest absolute Gasteiger partial charge is 0.305 e. The Balaban J connectivity index is 1.65. The smallest absolute Gasteiger partial charge is 0.258 e. The summed E-state index contributed by atoms with van der Waals surface area (Å²) < 4.78 is 29.5. The van der Waals surface area contributed by atoms with E-state index in [1.165, 1.54) is 10.4 Å². The van der Waals surface area contributed by atoms with Crippen LogP contribution in [0, 0.1) is 0 Å². The van der Waals surface area contributed by atoms with Crippen LogP contribution in [-0.2, 0) is 15.6 Å². The van der Waals surface area contributed by atoms with Crippen LogP contribution in [0.4, 0.5) is 5.95 Å². The zero-order valence-electron chi connectivity index (χ0n) is 18.1. The third-order valence-electron chi connectivity index (χ3n) is 5.51. The molecule has 31 heavy (non-hydrogen) atoms. The number of fused-ring (bicyclic) bond motifs is 1. The molecule has 2 heterocycles. The molecule has 8 heteroatoms. The van der Waals surface area contributed by atoms with Gasteiger partial charge in [-0.1, -0.05) is 24.6 Å². The van der Waals surface area contributed by atoms with E-state index in [1.54, 1.807) is 18.2 Å². The second-order valence-electron chi connectivity index (χ2n) is 8.88. The minimum atomic E-state index is -3.61. The fraction of sp³-hybridized carbons (Fsp3) is 0.391. The molecule has 7 nitrogen and oxygen atoms in total. The highest BCUT2D eigenvalue weighted by Crippen LogP contribution is 2.28. The topological polar surface area (TPSA) is 84.3 Å². The van der Waals surface area contributed by atoms with E-state index in [9.17, 15) is 13.2 Å². The first-order chi connectivity index (χ1) is 14.7. The highest BCUT2D eigenvalue weighted by atomic mass is 32.2. The molecule has 0 aliphatic carbocycles. The van der Waals surface area contributed by atoms with Crippen molar-refractivity contribution < 1.29 is 13.2 Å². The van der Waals surface area contributed by atoms with Crippen molar-refractivity contribution >= 4 is 32.9 Å². The van der Waals surface area contributed by atoms with Crippen molar-refractivity contribution in [2.45, 2.75) is 50.5 Å². The number of amides is 1. The Morgan fingerprint density at radius 2 is 1.71 bits per heavy atom. The molecular formula is C23H28N4O3S. The summed E-state index contributed by atoms with van der Waals surface area (Å²) in [6.45, 7) is 7.18. The minimum Gasteiger partial charge on any atom is -0.305 e. The van der Waals surface area contributed by atoms with Gasteiger partial charge in [0.25, 0.3) is 5.91 Å². The SMILES string of the molecule is CC(C)(C)n1c(NC(=O)c2cccc(S(=O)(=O)N3CCCCC3)c2)nc2ccccc21. The van der Waals surface area contributed by atoms with E-state index in [4.69, 9.17) is 0 Å². The van der Waals surface area contributed by atoms with E-state index in [2.05, 4.69) is 10.3 Å². The first kappa shape index (κ1) is 21.5. The van der Waals surface area contributed by atoms with E-state index < -0.39 is 15.9 Å². The van der Waals surface area contributed by atoms with E-state index >= 15 is 0 Å². The molecule has 1 aliphatic rings. The van der Waals surface area contributed by atoms with Crippen LogP contribution in [0.1, 0.15) is 50.4 Å². The highest BCUT2D eigenvalue weighted by Gasteiger charge is 2.27. The van der Waals surface area contributed by atoms with Crippen molar-refractivity contribution in [3.05, 3.63) is 54.1 Å². The molecule has 0 bridgehead atoms. The zero-order valence-corrected chi connectivity index (χ0v) is 18.9. The molecule has 4 rings (SSSR count). The Labute approximate surface area is 183 Å². The lowest BCUT2D eigenvalue weighted by atomic mass is 10.1. The summed E-state index contributed by atoms with van der Waals surface area (Å²) >= 11 is 0. The van der Waals surface area contributed by atoms with Gasteiger partial charge in [-0.2, -0.15) is 4.31 Å². The third kappa shape index (κ3) is 4.22. The standard InChI is InChI=1S/C23H28N4O3S/c1-23(2,3)27-20-13-6-5-12-19(20)24-22(27)25-21(28)17-10-9-11-18(16-17)31(29,30)26-14-7-4-8-15-26/h5-6,9-13,16H,4,7-8,14-15H2,1-3H3,(H,24,25,28). The maximum absolute atomic E-state index is 13.1. The fourth-order valence-corrected chi connectivity index (χ4v) is 5.58. The lowest BCUT2D eigenvalue weighted by Gasteiger charge is -2.26. The summed E-state index contributed by atoms with van der Waals surface area (Å²) in [4.78, 5) is 17.8. The predicted octanol–water partition coefficient (Wildman–Crippen LogP) is 4.22. The molecule has 0 saturated carbocycles. The second kappa shape index (κ2) is 8.09. The molecule has 1 N–H and O–H groups in total. The number of nitrogens with one attached hydrogen (secondary N) is 1. The van der Waals surface area contributed by atoms with Gasteiger partial charge >= 0.3 is 0 Å². The number of para-hydroxylation sites is 2. The van der Waals surface area contributed by atoms with Gasteiger partial charge in [0.15, 0.2) is 0 Å². The van der Waals surface area contributed by atoms with Gasteiger partial charge in [-0.3, -0.25) is 10.1 Å². The summed E-state index contributed by atoms with van der Waals surface area (Å²) in [5.41, 5.74) is 1.68. The van der Waals surface area contributed by atoms with Crippen molar-refractivity contribution in [1.82, 2.24) is 13.9 Å². The Bertz CT molecular complexity index is 1220. The quantitative estimate of drug-likeness (QED) is 0.658. The number of hydrogen-bond donors (Lipinski definition) is 1. The number of carbonyl (C=O) groups is 1. The zero-order chi connectivity index (χ0) is 22.2. The Kier molecular flexibility index (Phi) is 5.61. The Morgan fingerprint density at radius 3 is 2.42 bits per heavy atom. The summed E-state index contributed by atoms with van der Waals surface area (Å²) in [5.74, 6) is 0.0412. The Morgan fingerprint density at radius 1 is 1.00 bits per heavy atom. The van der Waals surface area contributed by atoms with E-state index in [0.29, 0.717) is 19.0 Å². The lowest BCUT2D eigenvalue weighted by Crippen LogP contribution is -2.35. The molecule has 2 aromatic carbocycles. The maximum atomic E-state index is 13.1. The van der Waals surface area contributed by atoms with Crippen LogP contribution in [0.25, 0.3) is 11.0 Å². The van der Waals surface area contributed by atoms with Crippen LogP contribution in [0.15, 0.2) is 53.4 Å². The monoisotopic (exact) mass is 440 g/mol. The van der Waals surface area contributed by atoms with Crippen LogP contribution < -0.4 is 5.32 Å². The number of anilines is 1.